The van der Waals surface area contributed by atoms with E-state index in [2.05, 4.69) is 105 Å². The molecule has 2 unspecified atom stereocenters. The first-order valence-electron chi connectivity index (χ1n) is 28.1. The summed E-state index contributed by atoms with van der Waals surface area (Å²) in [6, 6.07) is 53.9. The average Bonchev–Trinajstić information content (AvgIpc) is 1.99. The third kappa shape index (κ3) is 16.8. The number of hydrogen-bond donors (Lipinski definition) is 6. The molecule has 0 saturated carbocycles. The molecule has 0 aliphatic heterocycles. The van der Waals surface area contributed by atoms with Crippen molar-refractivity contribution in [2.45, 2.75) is 77.8 Å². The molecule has 7 aromatic rings. The molecular weight excluding hydrogens is 1200 g/mol. The number of hydrogen-bond acceptors (Lipinski definition) is 11. The van der Waals surface area contributed by atoms with E-state index in [0.29, 0.717) is 25.4 Å². The van der Waals surface area contributed by atoms with E-state index in [9.17, 15) is 28.8 Å². The molecule has 17 nitrogen and oxygen atoms in total. The summed E-state index contributed by atoms with van der Waals surface area (Å²) >= 11 is 2.13. The maximum Gasteiger partial charge on any atom is 0.431 e. The predicted octanol–water partition coefficient (Wildman–Crippen LogP) is 13.1. The third-order valence-electron chi connectivity index (χ3n) is 14.3. The highest BCUT2D eigenvalue weighted by molar-refractivity contribution is 14.1. The second-order valence-electron chi connectivity index (χ2n) is 20.7. The number of carboxylic acids is 2. The molecule has 4 amide bonds. The smallest absolute Gasteiger partial charge is 0.431 e. The molecule has 0 heterocycles. The van der Waals surface area contributed by atoms with Crippen molar-refractivity contribution in [1.29, 1.82) is 0 Å². The van der Waals surface area contributed by atoms with Crippen LogP contribution in [0.5, 0.6) is 0 Å². The number of nitrogens with one attached hydrogen (secondary N) is 4. The highest BCUT2D eigenvalue weighted by atomic mass is 127. The molecule has 2 atom stereocenters. The minimum atomic E-state index is -1.07. The predicted molar refractivity (Wildman–Crippen MR) is 332 cm³/mol. The van der Waals surface area contributed by atoms with Gasteiger partial charge in [0.05, 0.1) is 18.8 Å². The van der Waals surface area contributed by atoms with Gasteiger partial charge in [0.2, 0.25) is 0 Å². The minimum absolute atomic E-state index is 0.0205. The van der Waals surface area contributed by atoms with Gasteiger partial charge in [-0.3, -0.25) is 14.5 Å². The molecule has 444 valence electrons. The van der Waals surface area contributed by atoms with E-state index in [4.69, 9.17) is 34.1 Å². The zero-order valence-electron chi connectivity index (χ0n) is 48.2. The van der Waals surface area contributed by atoms with Gasteiger partial charge in [0, 0.05) is 21.3 Å². The van der Waals surface area contributed by atoms with Crippen LogP contribution in [0.15, 0.2) is 170 Å². The SMILES string of the molecule is CC(C)C(NC(=O)OCC1c2ccccc2-c2ccccc21)C(=O)O.CCCONC(=O)OCC1c2ccccc2-c2ccccc21.CCONC(=O)C(NC(=O)OCC1c2ccccc2-c2ccccc21)C(C)C.O=C(O)c1ccc(I)cc1. The molecule has 0 bridgehead atoms. The summed E-state index contributed by atoms with van der Waals surface area (Å²) in [5.74, 6) is -2.66. The van der Waals surface area contributed by atoms with Crippen LogP contribution in [0.1, 0.15) is 109 Å². The largest absolute Gasteiger partial charge is 0.480 e. The summed E-state index contributed by atoms with van der Waals surface area (Å²) in [4.78, 5) is 79.6. The van der Waals surface area contributed by atoms with Gasteiger partial charge in [0.1, 0.15) is 31.9 Å². The van der Waals surface area contributed by atoms with Crippen LogP contribution in [-0.2, 0) is 33.5 Å². The van der Waals surface area contributed by atoms with E-state index in [1.807, 2.05) is 106 Å². The Morgan fingerprint density at radius 1 is 0.447 bits per heavy atom. The molecule has 0 spiro atoms. The highest BCUT2D eigenvalue weighted by Crippen LogP contribution is 2.47. The van der Waals surface area contributed by atoms with Crippen LogP contribution >= 0.6 is 22.6 Å². The fourth-order valence-corrected chi connectivity index (χ4v) is 10.6. The summed E-state index contributed by atoms with van der Waals surface area (Å²) in [7, 11) is 0. The Balaban J connectivity index is 0.000000170. The Kier molecular flexibility index (Phi) is 23.6. The number of halogens is 1. The topological polar surface area (TPSA) is 237 Å². The van der Waals surface area contributed by atoms with Crippen molar-refractivity contribution < 1.29 is 62.9 Å². The first-order chi connectivity index (χ1) is 41.0. The molecule has 3 aliphatic rings. The highest BCUT2D eigenvalue weighted by Gasteiger charge is 2.33. The van der Waals surface area contributed by atoms with Gasteiger partial charge >= 0.3 is 30.2 Å². The van der Waals surface area contributed by atoms with Crippen LogP contribution in [0.2, 0.25) is 0 Å². The van der Waals surface area contributed by atoms with Gasteiger partial charge in [-0.15, -0.1) is 0 Å². The maximum atomic E-state index is 12.4. The molecular formula is C67H71IN4O13. The number of amides is 4. The molecule has 85 heavy (non-hydrogen) atoms. The number of alkyl carbamates (subject to hydrolysis) is 2. The van der Waals surface area contributed by atoms with E-state index >= 15 is 0 Å². The minimum Gasteiger partial charge on any atom is -0.480 e. The lowest BCUT2D eigenvalue weighted by Gasteiger charge is -2.22. The van der Waals surface area contributed by atoms with Crippen molar-refractivity contribution in [1.82, 2.24) is 21.6 Å². The lowest BCUT2D eigenvalue weighted by Crippen LogP contribution is -2.49. The Morgan fingerprint density at radius 3 is 1.08 bits per heavy atom. The summed E-state index contributed by atoms with van der Waals surface area (Å²) < 4.78 is 17.2. The monoisotopic (exact) mass is 1270 g/mol. The van der Waals surface area contributed by atoms with E-state index in [-0.39, 0.29) is 42.8 Å². The number of carboxylic acid groups (broad SMARTS) is 2. The van der Waals surface area contributed by atoms with E-state index in [1.54, 1.807) is 45.0 Å². The lowest BCUT2D eigenvalue weighted by molar-refractivity contribution is -0.140. The van der Waals surface area contributed by atoms with Gasteiger partial charge < -0.3 is 35.1 Å². The van der Waals surface area contributed by atoms with Crippen LogP contribution in [0, 0.1) is 15.4 Å². The fourth-order valence-electron chi connectivity index (χ4n) is 10.2. The Bertz CT molecular complexity index is 3290. The molecule has 7 aromatic carbocycles. The van der Waals surface area contributed by atoms with Crippen LogP contribution in [0.4, 0.5) is 14.4 Å². The summed E-state index contributed by atoms with van der Waals surface area (Å²) in [5.41, 5.74) is 19.0. The number of ether oxygens (including phenoxy) is 3. The molecule has 0 saturated heterocycles. The number of benzene rings is 7. The maximum absolute atomic E-state index is 12.4. The van der Waals surface area contributed by atoms with E-state index < -0.39 is 48.2 Å². The van der Waals surface area contributed by atoms with Crippen molar-refractivity contribution >= 4 is 58.7 Å². The standard InChI is InChI=1S/C22H26N2O4.C20H21NO4.C18H19NO3.C7H5IO2/c1-4-28-24-21(25)20(14(2)3)23-22(26)27-13-19-17-11-7-5-9-15(17)16-10-6-8-12-18(16)19;1-12(2)18(19(22)23)21-20(24)25-11-17-15-9-5-3-7-13(15)14-8-4-6-10-16(14)17;1-2-11-22-19-18(20)21-12-17-15-9-5-3-7-13(15)14-8-4-6-10-16(14)17;8-6-3-1-5(2-4-6)7(9)10/h5-12,14,19-20H,4,13H2,1-3H3,(H,23,26)(H,24,25);3-10,12,17-18H,11H2,1-2H3,(H,21,24)(H,22,23);3-10,17H,2,11-12H2,1H3,(H,19,20);1-4H,(H,9,10). The van der Waals surface area contributed by atoms with E-state index in [0.717, 1.165) is 43.4 Å². The van der Waals surface area contributed by atoms with Gasteiger partial charge in [-0.2, -0.15) is 5.48 Å². The van der Waals surface area contributed by atoms with Crippen LogP contribution < -0.4 is 21.6 Å². The van der Waals surface area contributed by atoms with E-state index in [1.165, 1.54) is 33.4 Å². The van der Waals surface area contributed by atoms with Crippen molar-refractivity contribution in [2.75, 3.05) is 33.0 Å². The van der Waals surface area contributed by atoms with Gasteiger partial charge in [-0.1, -0.05) is 180 Å². The number of rotatable bonds is 18. The van der Waals surface area contributed by atoms with Crippen molar-refractivity contribution in [3.05, 3.63) is 212 Å². The molecule has 0 fully saturated rings. The molecule has 18 heteroatoms. The second kappa shape index (κ2) is 31.3. The zero-order valence-corrected chi connectivity index (χ0v) is 50.4. The lowest BCUT2D eigenvalue weighted by atomic mass is 9.98. The molecule has 3 aliphatic carbocycles. The normalized spacial score (nSPS) is 12.9. The van der Waals surface area contributed by atoms with Gasteiger partial charge in [0.15, 0.2) is 0 Å². The summed E-state index contributed by atoms with van der Waals surface area (Å²) in [6.07, 6.45) is -1.03. The fraction of sp³-hybridized carbons (Fsp3) is 0.284. The molecule has 6 N–H and O–H groups in total. The molecule has 10 rings (SSSR count). The van der Waals surface area contributed by atoms with Gasteiger partial charge in [-0.25, -0.2) is 29.5 Å². The number of carbonyl (C=O) groups excluding carboxylic acids is 4. The third-order valence-corrected chi connectivity index (χ3v) is 15.0. The summed E-state index contributed by atoms with van der Waals surface area (Å²) in [5, 5.41) is 22.7. The first kappa shape index (κ1) is 64.0. The number of fused-ring (bicyclic) bond motifs is 9. The number of aromatic carboxylic acids is 1. The number of carbonyl (C=O) groups is 6. The van der Waals surface area contributed by atoms with Gasteiger partial charge in [0.25, 0.3) is 5.91 Å². The molecule has 0 aromatic heterocycles. The van der Waals surface area contributed by atoms with Crippen molar-refractivity contribution in [2.24, 2.45) is 11.8 Å². The number of hydroxylamine groups is 2. The van der Waals surface area contributed by atoms with Crippen molar-refractivity contribution in [3.8, 4) is 33.4 Å². The average molecular weight is 1270 g/mol. The molecule has 0 radical (unpaired) electrons. The van der Waals surface area contributed by atoms with Crippen LogP contribution in [0.25, 0.3) is 33.4 Å². The zero-order chi connectivity index (χ0) is 61.0. The summed E-state index contributed by atoms with van der Waals surface area (Å²) in [6.45, 7) is 12.4. The van der Waals surface area contributed by atoms with Gasteiger partial charge in [-0.05, 0) is 139 Å². The number of aliphatic carboxylic acids is 1. The van der Waals surface area contributed by atoms with Crippen LogP contribution in [-0.4, -0.2) is 91.5 Å². The Labute approximate surface area is 508 Å². The Morgan fingerprint density at radius 2 is 0.776 bits per heavy atom. The quantitative estimate of drug-likeness (QED) is 0.0203. The second-order valence-corrected chi connectivity index (χ2v) is 22.0. The van der Waals surface area contributed by atoms with Crippen LogP contribution in [0.3, 0.4) is 0 Å². The Hall–Kier alpha value is -8.59. The van der Waals surface area contributed by atoms with Crippen molar-refractivity contribution in [3.63, 3.8) is 0 Å². The first-order valence-corrected chi connectivity index (χ1v) is 29.2.